The molecule has 4 nitrogen and oxygen atoms in total. The molecular weight excluding hydrogens is 367 g/mol. The number of hydroxylamine groups is 1. The molecule has 114 valence electrons. The molecule has 0 spiro atoms. The van der Waals surface area contributed by atoms with E-state index in [2.05, 4.69) is 41.9 Å². The van der Waals surface area contributed by atoms with Crippen LogP contribution in [0.3, 0.4) is 0 Å². The molecule has 1 aromatic rings. The van der Waals surface area contributed by atoms with Crippen molar-refractivity contribution in [3.05, 3.63) is 35.9 Å². The van der Waals surface area contributed by atoms with E-state index in [1.54, 1.807) is 0 Å². The maximum atomic E-state index is 10.2. The topological polar surface area (TPSA) is 67.5 Å². The number of nitrogens with two attached hydrogens (primary N) is 1. The Morgan fingerprint density at radius 1 is 1.25 bits per heavy atom. The lowest BCUT2D eigenvalue weighted by atomic mass is 10.0. The van der Waals surface area contributed by atoms with Crippen LogP contribution in [0.1, 0.15) is 32.3 Å². The third-order valence-electron chi connectivity index (χ3n) is 3.31. The molecule has 0 heterocycles. The fourth-order valence-corrected chi connectivity index (χ4v) is 2.59. The second-order valence-electron chi connectivity index (χ2n) is 4.92. The number of halogens is 1. The minimum absolute atomic E-state index is 0.171. The normalized spacial score (nSPS) is 16.1. The van der Waals surface area contributed by atoms with Crippen LogP contribution in [0.15, 0.2) is 30.3 Å². The van der Waals surface area contributed by atoms with E-state index in [-0.39, 0.29) is 16.2 Å². The molecule has 3 atom stereocenters. The van der Waals surface area contributed by atoms with Crippen LogP contribution in [0, 0.1) is 0 Å². The number of hydrogen-bond acceptors (Lipinski definition) is 4. The van der Waals surface area contributed by atoms with E-state index in [9.17, 15) is 5.11 Å². The van der Waals surface area contributed by atoms with Gasteiger partial charge in [-0.2, -0.15) is 5.48 Å². The fraction of sp³-hybridized carbons (Fsp3) is 0.600. The highest BCUT2D eigenvalue weighted by atomic mass is 127. The molecule has 1 aromatic carbocycles. The SMILES string of the molecule is CCC(CC)ONC(I)C(O)C(N)Cc1ccccc1. The summed E-state index contributed by atoms with van der Waals surface area (Å²) in [6.07, 6.45) is 2.04. The summed E-state index contributed by atoms with van der Waals surface area (Å²) < 4.78 is -0.230. The van der Waals surface area contributed by atoms with Crippen LogP contribution < -0.4 is 11.2 Å². The van der Waals surface area contributed by atoms with Gasteiger partial charge in [-0.25, -0.2) is 0 Å². The van der Waals surface area contributed by atoms with Gasteiger partial charge in [0, 0.05) is 6.04 Å². The fourth-order valence-electron chi connectivity index (χ4n) is 1.91. The third kappa shape index (κ3) is 6.05. The summed E-state index contributed by atoms with van der Waals surface area (Å²) >= 11 is 2.13. The Hall–Kier alpha value is -0.210. The number of benzene rings is 1. The number of alkyl halides is 1. The first-order chi connectivity index (χ1) is 9.58. The van der Waals surface area contributed by atoms with Gasteiger partial charge in [0.2, 0.25) is 0 Å². The molecule has 0 radical (unpaired) electrons. The number of aliphatic hydroxyl groups excluding tert-OH is 1. The zero-order chi connectivity index (χ0) is 15.0. The van der Waals surface area contributed by atoms with Crippen molar-refractivity contribution in [2.75, 3.05) is 0 Å². The third-order valence-corrected chi connectivity index (χ3v) is 4.30. The van der Waals surface area contributed by atoms with Crippen molar-refractivity contribution >= 4 is 22.6 Å². The lowest BCUT2D eigenvalue weighted by molar-refractivity contribution is -0.0503. The molecule has 0 aliphatic carbocycles. The standard InChI is InChI=1S/C15H25IN2O2/c1-3-12(4-2)20-18-15(16)14(19)13(17)10-11-8-6-5-7-9-11/h5-9,12-15,18-19H,3-4,10,17H2,1-2H3. The Morgan fingerprint density at radius 2 is 1.85 bits per heavy atom. The highest BCUT2D eigenvalue weighted by Gasteiger charge is 2.24. The Labute approximate surface area is 135 Å². The van der Waals surface area contributed by atoms with Crippen LogP contribution in [0.5, 0.6) is 0 Å². The van der Waals surface area contributed by atoms with E-state index < -0.39 is 6.10 Å². The molecule has 0 aliphatic heterocycles. The Balaban J connectivity index is 2.41. The molecule has 1 rings (SSSR count). The molecule has 0 aliphatic rings. The summed E-state index contributed by atoms with van der Waals surface area (Å²) in [5.74, 6) is 0. The summed E-state index contributed by atoms with van der Waals surface area (Å²) in [4.78, 5) is 5.55. The van der Waals surface area contributed by atoms with Crippen molar-refractivity contribution < 1.29 is 9.94 Å². The monoisotopic (exact) mass is 392 g/mol. The predicted molar refractivity (Wildman–Crippen MR) is 90.5 cm³/mol. The highest BCUT2D eigenvalue weighted by Crippen LogP contribution is 2.12. The summed E-state index contributed by atoms with van der Waals surface area (Å²) in [5, 5.41) is 10.2. The average Bonchev–Trinajstić information content (AvgIpc) is 2.48. The number of rotatable bonds is 9. The number of aliphatic hydroxyl groups is 1. The van der Waals surface area contributed by atoms with Crippen LogP contribution in [0.2, 0.25) is 0 Å². The minimum Gasteiger partial charge on any atom is -0.389 e. The van der Waals surface area contributed by atoms with Crippen LogP contribution in [-0.4, -0.2) is 27.4 Å². The zero-order valence-electron chi connectivity index (χ0n) is 12.1. The van der Waals surface area contributed by atoms with Gasteiger partial charge in [0.25, 0.3) is 0 Å². The molecule has 0 saturated heterocycles. The molecule has 3 unspecified atom stereocenters. The lowest BCUT2D eigenvalue weighted by Crippen LogP contribution is -2.48. The van der Waals surface area contributed by atoms with Gasteiger partial charge in [-0.15, -0.1) is 0 Å². The number of hydrogen-bond donors (Lipinski definition) is 3. The highest BCUT2D eigenvalue weighted by molar-refractivity contribution is 14.1. The number of nitrogens with one attached hydrogen (secondary N) is 1. The van der Waals surface area contributed by atoms with E-state index in [0.717, 1.165) is 18.4 Å². The Bertz CT molecular complexity index is 360. The largest absolute Gasteiger partial charge is 0.389 e. The van der Waals surface area contributed by atoms with Crippen LogP contribution in [0.4, 0.5) is 0 Å². The first kappa shape index (κ1) is 17.8. The summed E-state index contributed by atoms with van der Waals surface area (Å²) in [6.45, 7) is 4.16. The quantitative estimate of drug-likeness (QED) is 0.261. The van der Waals surface area contributed by atoms with Crippen LogP contribution in [-0.2, 0) is 11.3 Å². The zero-order valence-corrected chi connectivity index (χ0v) is 14.3. The van der Waals surface area contributed by atoms with Crippen LogP contribution in [0.25, 0.3) is 0 Å². The molecule has 0 bridgehead atoms. The predicted octanol–water partition coefficient (Wildman–Crippen LogP) is 2.39. The van der Waals surface area contributed by atoms with Gasteiger partial charge in [-0.05, 0) is 24.8 Å². The minimum atomic E-state index is -0.662. The molecule has 0 fully saturated rings. The molecule has 20 heavy (non-hydrogen) atoms. The Kier molecular flexibility index (Phi) is 8.63. The van der Waals surface area contributed by atoms with E-state index in [1.807, 2.05) is 30.3 Å². The van der Waals surface area contributed by atoms with Crippen molar-refractivity contribution in [3.63, 3.8) is 0 Å². The molecule has 0 saturated carbocycles. The van der Waals surface area contributed by atoms with Crippen molar-refractivity contribution in [3.8, 4) is 0 Å². The van der Waals surface area contributed by atoms with Crippen molar-refractivity contribution in [2.24, 2.45) is 5.73 Å². The molecule has 0 amide bonds. The van der Waals surface area contributed by atoms with Gasteiger partial charge >= 0.3 is 0 Å². The van der Waals surface area contributed by atoms with Gasteiger partial charge in [-0.1, -0.05) is 66.8 Å². The van der Waals surface area contributed by atoms with Crippen molar-refractivity contribution in [1.82, 2.24) is 5.48 Å². The van der Waals surface area contributed by atoms with Crippen molar-refractivity contribution in [2.45, 2.75) is 55.4 Å². The van der Waals surface area contributed by atoms with E-state index in [4.69, 9.17) is 10.6 Å². The van der Waals surface area contributed by atoms with E-state index in [0.29, 0.717) is 6.42 Å². The smallest absolute Gasteiger partial charge is 0.111 e. The van der Waals surface area contributed by atoms with Crippen LogP contribution >= 0.6 is 22.6 Å². The second-order valence-corrected chi connectivity index (χ2v) is 6.26. The van der Waals surface area contributed by atoms with Gasteiger partial charge in [0.05, 0.1) is 12.2 Å². The van der Waals surface area contributed by atoms with Crippen molar-refractivity contribution in [1.29, 1.82) is 0 Å². The second kappa shape index (κ2) is 9.68. The van der Waals surface area contributed by atoms with Gasteiger partial charge < -0.3 is 10.8 Å². The maximum Gasteiger partial charge on any atom is 0.111 e. The first-order valence-corrected chi connectivity index (χ1v) is 8.35. The summed E-state index contributed by atoms with van der Waals surface area (Å²) in [6, 6.07) is 9.63. The molecule has 0 aromatic heterocycles. The Morgan fingerprint density at radius 3 is 2.40 bits per heavy atom. The molecule has 4 N–H and O–H groups in total. The van der Waals surface area contributed by atoms with E-state index >= 15 is 0 Å². The van der Waals surface area contributed by atoms with E-state index in [1.165, 1.54) is 0 Å². The summed E-state index contributed by atoms with van der Waals surface area (Å²) in [7, 11) is 0. The lowest BCUT2D eigenvalue weighted by Gasteiger charge is -2.26. The van der Waals surface area contributed by atoms with Gasteiger partial charge in [0.15, 0.2) is 0 Å². The average molecular weight is 392 g/mol. The molecular formula is C15H25IN2O2. The van der Waals surface area contributed by atoms with Gasteiger partial charge in [-0.3, -0.25) is 4.84 Å². The first-order valence-electron chi connectivity index (χ1n) is 7.11. The maximum absolute atomic E-state index is 10.2. The summed E-state index contributed by atoms with van der Waals surface area (Å²) in [5.41, 5.74) is 10.1. The molecule has 5 heteroatoms. The van der Waals surface area contributed by atoms with Gasteiger partial charge in [0.1, 0.15) is 4.05 Å².